The van der Waals surface area contributed by atoms with Gasteiger partial charge in [-0.2, -0.15) is 0 Å². The van der Waals surface area contributed by atoms with Crippen molar-refractivity contribution >= 4 is 9.17 Å². The van der Waals surface area contributed by atoms with Gasteiger partial charge in [0.2, 0.25) is 0 Å². The van der Waals surface area contributed by atoms with Crippen LogP contribution in [-0.2, 0) is 4.46 Å². The van der Waals surface area contributed by atoms with E-state index < -0.39 is 9.17 Å². The number of aliphatic hydroxyl groups is 4. The van der Waals surface area contributed by atoms with Crippen molar-refractivity contribution < 1.29 is 57.8 Å². The van der Waals surface area contributed by atoms with Gasteiger partial charge in [-0.15, -0.1) is 0 Å². The Hall–Kier alpha value is 0.0143. The molecule has 0 aromatic rings. The Morgan fingerprint density at radius 3 is 1.06 bits per heavy atom. The molecule has 0 saturated heterocycles. The van der Waals surface area contributed by atoms with Crippen molar-refractivity contribution in [1.29, 1.82) is 0 Å². The fraction of sp³-hybridized carbons (Fsp3) is 1.00. The molecule has 18 heavy (non-hydrogen) atoms. The van der Waals surface area contributed by atoms with Crippen LogP contribution in [0, 0.1) is 0 Å². The molecular formula is C8H20LiNO7Si. The van der Waals surface area contributed by atoms with E-state index in [0.29, 0.717) is 30.7 Å². The van der Waals surface area contributed by atoms with Crippen LogP contribution >= 0.6 is 0 Å². The molecule has 0 rings (SSSR count). The van der Waals surface area contributed by atoms with E-state index >= 15 is 0 Å². The minimum absolute atomic E-state index is 0. The number of quaternary nitrogens is 1. The molecule has 0 fully saturated rings. The van der Waals surface area contributed by atoms with Crippen molar-refractivity contribution in [3.8, 4) is 0 Å². The van der Waals surface area contributed by atoms with Gasteiger partial charge in [0.15, 0.2) is 0 Å². The summed E-state index contributed by atoms with van der Waals surface area (Å²) in [5, 5.41) is 35.3. The summed E-state index contributed by atoms with van der Waals surface area (Å²) in [5.74, 6) is 0. The summed E-state index contributed by atoms with van der Waals surface area (Å²) in [5.41, 5.74) is 0. The molecule has 0 radical (unpaired) electrons. The molecule has 104 valence electrons. The molecule has 8 nitrogen and oxygen atoms in total. The zero-order valence-corrected chi connectivity index (χ0v) is 11.6. The van der Waals surface area contributed by atoms with Gasteiger partial charge in [-0.25, -0.2) is 0 Å². The quantitative estimate of drug-likeness (QED) is 0.255. The van der Waals surface area contributed by atoms with Crippen LogP contribution in [0.2, 0.25) is 0 Å². The van der Waals surface area contributed by atoms with Gasteiger partial charge in [-0.1, -0.05) is 0 Å². The maximum absolute atomic E-state index is 8.82. The van der Waals surface area contributed by atoms with Crippen molar-refractivity contribution in [2.24, 2.45) is 0 Å². The molecule has 0 saturated carbocycles. The second-order valence-electron chi connectivity index (χ2n) is 3.38. The van der Waals surface area contributed by atoms with Crippen molar-refractivity contribution in [2.75, 3.05) is 52.6 Å². The number of rotatable bonds is 8. The van der Waals surface area contributed by atoms with Gasteiger partial charge >= 0.3 is 18.9 Å². The Kier molecular flexibility index (Phi) is 19.4. The molecule has 0 bridgehead atoms. The predicted molar refractivity (Wildman–Crippen MR) is 54.5 cm³/mol. The number of nitrogens with zero attached hydrogens (tertiary/aromatic N) is 1. The molecular weight excluding hydrogens is 257 g/mol. The smallest absolute Gasteiger partial charge is 0.672 e. The molecule has 0 heterocycles. The first-order valence-corrected chi connectivity index (χ1v) is 6.37. The average molecular weight is 277 g/mol. The van der Waals surface area contributed by atoms with Crippen LogP contribution in [0.5, 0.6) is 0 Å². The summed E-state index contributed by atoms with van der Waals surface area (Å²) in [7, 11) is -3.63. The van der Waals surface area contributed by atoms with Crippen LogP contribution in [0.25, 0.3) is 0 Å². The van der Waals surface area contributed by atoms with Crippen LogP contribution in [0.15, 0.2) is 0 Å². The Labute approximate surface area is 120 Å². The molecule has 0 aromatic heterocycles. The summed E-state index contributed by atoms with van der Waals surface area (Å²) >= 11 is 0. The first-order valence-electron chi connectivity index (χ1n) is 5.14. The van der Waals surface area contributed by atoms with Gasteiger partial charge in [0.25, 0.3) is 0 Å². The SMILES string of the molecule is O=[Si]([O-])[O-].OCC[N+](CCO)(CCO)CCO.[Li+]. The zero-order chi connectivity index (χ0) is 13.7. The van der Waals surface area contributed by atoms with Crippen LogP contribution in [-0.4, -0.2) is 86.7 Å². The topological polar surface area (TPSA) is 144 Å². The standard InChI is InChI=1S/C8H20NO4.Li.O3Si/c10-5-1-9(2-6-11,3-7-12)4-8-13;;1-4(2)3/h10-13H,1-8H2;;/q2*+1;-2. The van der Waals surface area contributed by atoms with E-state index in [1.807, 2.05) is 0 Å². The first-order chi connectivity index (χ1) is 7.97. The Morgan fingerprint density at radius 1 is 0.778 bits per heavy atom. The van der Waals surface area contributed by atoms with Gasteiger partial charge in [0, 0.05) is 9.17 Å². The fourth-order valence-corrected chi connectivity index (χ4v) is 1.52. The van der Waals surface area contributed by atoms with Crippen molar-refractivity contribution in [3.05, 3.63) is 0 Å². The normalized spacial score (nSPS) is 10.0. The van der Waals surface area contributed by atoms with E-state index in [1.165, 1.54) is 0 Å². The van der Waals surface area contributed by atoms with Crippen LogP contribution in [0.4, 0.5) is 0 Å². The van der Waals surface area contributed by atoms with Gasteiger partial charge in [-0.05, 0) is 0 Å². The second-order valence-corrected chi connectivity index (χ2v) is 3.88. The van der Waals surface area contributed by atoms with Gasteiger partial charge in [0.1, 0.15) is 26.2 Å². The van der Waals surface area contributed by atoms with Crippen LogP contribution in [0.3, 0.4) is 0 Å². The van der Waals surface area contributed by atoms with Gasteiger partial charge < -0.3 is 39.0 Å². The average Bonchev–Trinajstić information content (AvgIpc) is 2.18. The van der Waals surface area contributed by atoms with E-state index in [4.69, 9.17) is 34.5 Å². The van der Waals surface area contributed by atoms with Gasteiger partial charge in [0.05, 0.1) is 26.4 Å². The van der Waals surface area contributed by atoms with Crippen molar-refractivity contribution in [2.45, 2.75) is 0 Å². The molecule has 0 atom stereocenters. The Balaban J connectivity index is -0.000000392. The maximum Gasteiger partial charge on any atom is 1.00 e. The number of hydrogen-bond acceptors (Lipinski definition) is 7. The van der Waals surface area contributed by atoms with E-state index in [9.17, 15) is 0 Å². The molecule has 0 amide bonds. The summed E-state index contributed by atoms with van der Waals surface area (Å²) in [6.45, 7) is 1.84. The first kappa shape index (κ1) is 23.1. The summed E-state index contributed by atoms with van der Waals surface area (Å²) in [4.78, 5) is 17.0. The third-order valence-corrected chi connectivity index (χ3v) is 2.30. The predicted octanol–water partition coefficient (Wildman–Crippen LogP) is -8.10. The molecule has 0 aliphatic rings. The Morgan fingerprint density at radius 2 is 0.944 bits per heavy atom. The van der Waals surface area contributed by atoms with E-state index in [-0.39, 0.29) is 45.3 Å². The third-order valence-electron chi connectivity index (χ3n) is 2.30. The van der Waals surface area contributed by atoms with E-state index in [0.717, 1.165) is 0 Å². The number of aliphatic hydroxyl groups excluding tert-OH is 4. The second kappa shape index (κ2) is 15.1. The number of hydrogen-bond donors (Lipinski definition) is 4. The third kappa shape index (κ3) is 14.1. The van der Waals surface area contributed by atoms with Gasteiger partial charge in [-0.3, -0.25) is 0 Å². The molecule has 4 N–H and O–H groups in total. The van der Waals surface area contributed by atoms with E-state index in [2.05, 4.69) is 0 Å². The van der Waals surface area contributed by atoms with Crippen molar-refractivity contribution in [1.82, 2.24) is 0 Å². The maximum atomic E-state index is 8.82. The minimum atomic E-state index is -3.63. The Bertz CT molecular complexity index is 165. The minimum Gasteiger partial charge on any atom is -0.672 e. The molecule has 0 aliphatic heterocycles. The summed E-state index contributed by atoms with van der Waals surface area (Å²) < 4.78 is 8.89. The summed E-state index contributed by atoms with van der Waals surface area (Å²) in [6, 6.07) is 0. The summed E-state index contributed by atoms with van der Waals surface area (Å²) in [6.07, 6.45) is 0. The van der Waals surface area contributed by atoms with Crippen LogP contribution in [0.1, 0.15) is 0 Å². The molecule has 0 spiro atoms. The molecule has 0 unspecified atom stereocenters. The molecule has 0 aliphatic carbocycles. The fourth-order valence-electron chi connectivity index (χ4n) is 1.52. The van der Waals surface area contributed by atoms with E-state index in [1.54, 1.807) is 0 Å². The van der Waals surface area contributed by atoms with Crippen molar-refractivity contribution in [3.63, 3.8) is 0 Å². The zero-order valence-electron chi connectivity index (χ0n) is 10.6. The monoisotopic (exact) mass is 277 g/mol. The van der Waals surface area contributed by atoms with Crippen LogP contribution < -0.4 is 28.5 Å². The molecule has 0 aromatic carbocycles. The molecule has 10 heteroatoms. The largest absolute Gasteiger partial charge is 1.00 e.